The maximum absolute atomic E-state index is 11.1. The topological polar surface area (TPSA) is 98.2 Å². The molecule has 0 unspecified atom stereocenters. The van der Waals surface area contributed by atoms with E-state index in [1.165, 1.54) is 0 Å². The number of benzene rings is 1. The van der Waals surface area contributed by atoms with E-state index in [1.807, 2.05) is 38.1 Å². The third kappa shape index (κ3) is 2.66. The predicted molar refractivity (Wildman–Crippen MR) is 77.0 cm³/mol. The van der Waals surface area contributed by atoms with Crippen molar-refractivity contribution in [1.29, 1.82) is 0 Å². The summed E-state index contributed by atoms with van der Waals surface area (Å²) in [5.74, 6) is 0.215. The van der Waals surface area contributed by atoms with Gasteiger partial charge in [0.05, 0.1) is 4.92 Å². The standard InChI is InChI=1S/C13H15N5O2/c1-3-17(10-6-4-5-9(2)7-10)12-11(18(19)20)8-15-13(14)16-12/h4-8H,3H2,1-2H3,(H2,14,15,16). The lowest BCUT2D eigenvalue weighted by Gasteiger charge is -2.22. The molecule has 20 heavy (non-hydrogen) atoms. The Balaban J connectivity index is 2.57. The van der Waals surface area contributed by atoms with Gasteiger partial charge in [-0.2, -0.15) is 4.98 Å². The van der Waals surface area contributed by atoms with Gasteiger partial charge < -0.3 is 10.6 Å². The molecular weight excluding hydrogens is 258 g/mol. The number of nitrogens with zero attached hydrogens (tertiary/aromatic N) is 4. The molecule has 2 rings (SSSR count). The minimum Gasteiger partial charge on any atom is -0.368 e. The summed E-state index contributed by atoms with van der Waals surface area (Å²) in [7, 11) is 0. The van der Waals surface area contributed by atoms with E-state index in [0.717, 1.165) is 17.4 Å². The molecule has 0 radical (unpaired) electrons. The molecule has 7 heteroatoms. The molecule has 0 fully saturated rings. The number of aryl methyl sites for hydroxylation is 1. The number of hydrogen-bond acceptors (Lipinski definition) is 6. The molecule has 0 spiro atoms. The SMILES string of the molecule is CCN(c1cccc(C)c1)c1nc(N)ncc1[N+](=O)[O-]. The number of rotatable bonds is 4. The van der Waals surface area contributed by atoms with Crippen molar-refractivity contribution in [3.63, 3.8) is 0 Å². The first-order valence-electron chi connectivity index (χ1n) is 6.14. The Morgan fingerprint density at radius 2 is 2.20 bits per heavy atom. The molecule has 0 saturated heterocycles. The van der Waals surface area contributed by atoms with Crippen LogP contribution in [0.15, 0.2) is 30.5 Å². The van der Waals surface area contributed by atoms with E-state index < -0.39 is 4.92 Å². The van der Waals surface area contributed by atoms with Gasteiger partial charge in [0.25, 0.3) is 0 Å². The lowest BCUT2D eigenvalue weighted by molar-refractivity contribution is -0.384. The minimum absolute atomic E-state index is 0.0108. The zero-order valence-electron chi connectivity index (χ0n) is 11.3. The highest BCUT2D eigenvalue weighted by atomic mass is 16.6. The predicted octanol–water partition coefficient (Wildman–Crippen LogP) is 2.43. The molecule has 1 aromatic heterocycles. The molecule has 104 valence electrons. The van der Waals surface area contributed by atoms with Crippen LogP contribution in [0.25, 0.3) is 0 Å². The van der Waals surface area contributed by atoms with Crippen LogP contribution in [0, 0.1) is 17.0 Å². The summed E-state index contributed by atoms with van der Waals surface area (Å²) < 4.78 is 0. The number of nitrogen functional groups attached to an aromatic ring is 1. The normalized spacial score (nSPS) is 10.3. The van der Waals surface area contributed by atoms with Crippen molar-refractivity contribution in [2.24, 2.45) is 0 Å². The summed E-state index contributed by atoms with van der Waals surface area (Å²) in [6.45, 7) is 4.38. The first-order valence-corrected chi connectivity index (χ1v) is 6.14. The molecular formula is C13H15N5O2. The smallest absolute Gasteiger partial charge is 0.330 e. The van der Waals surface area contributed by atoms with Crippen LogP contribution in [0.2, 0.25) is 0 Å². The van der Waals surface area contributed by atoms with E-state index in [9.17, 15) is 10.1 Å². The van der Waals surface area contributed by atoms with Crippen LogP contribution >= 0.6 is 0 Å². The van der Waals surface area contributed by atoms with Crippen molar-refractivity contribution in [3.05, 3.63) is 46.1 Å². The van der Waals surface area contributed by atoms with Gasteiger partial charge in [-0.3, -0.25) is 10.1 Å². The zero-order chi connectivity index (χ0) is 14.7. The largest absolute Gasteiger partial charge is 0.368 e. The van der Waals surface area contributed by atoms with Crippen LogP contribution in [-0.4, -0.2) is 21.4 Å². The maximum Gasteiger partial charge on any atom is 0.330 e. The molecule has 2 N–H and O–H groups in total. The number of hydrogen-bond donors (Lipinski definition) is 1. The fourth-order valence-corrected chi connectivity index (χ4v) is 1.96. The Bertz CT molecular complexity index is 644. The monoisotopic (exact) mass is 273 g/mol. The van der Waals surface area contributed by atoms with Crippen molar-refractivity contribution in [2.45, 2.75) is 13.8 Å². The zero-order valence-corrected chi connectivity index (χ0v) is 11.3. The molecule has 0 aliphatic carbocycles. The Kier molecular flexibility index (Phi) is 3.79. The third-order valence-electron chi connectivity index (χ3n) is 2.85. The van der Waals surface area contributed by atoms with Gasteiger partial charge in [-0.1, -0.05) is 12.1 Å². The molecule has 1 heterocycles. The van der Waals surface area contributed by atoms with Gasteiger partial charge in [0, 0.05) is 12.2 Å². The highest BCUT2D eigenvalue weighted by Gasteiger charge is 2.22. The van der Waals surface area contributed by atoms with Crippen molar-refractivity contribution >= 4 is 23.1 Å². The molecule has 0 aliphatic rings. The maximum atomic E-state index is 11.1. The van der Waals surface area contributed by atoms with Crippen LogP contribution in [-0.2, 0) is 0 Å². The Morgan fingerprint density at radius 3 is 2.80 bits per heavy atom. The highest BCUT2D eigenvalue weighted by Crippen LogP contribution is 2.31. The molecule has 0 atom stereocenters. The molecule has 7 nitrogen and oxygen atoms in total. The minimum atomic E-state index is -0.507. The first kappa shape index (κ1) is 13.7. The Hall–Kier alpha value is -2.70. The first-order chi connectivity index (χ1) is 9.52. The lowest BCUT2D eigenvalue weighted by atomic mass is 10.2. The molecule has 0 bridgehead atoms. The number of aromatic nitrogens is 2. The average molecular weight is 273 g/mol. The van der Waals surface area contributed by atoms with Crippen LogP contribution < -0.4 is 10.6 Å². The van der Waals surface area contributed by atoms with Gasteiger partial charge in [-0.25, -0.2) is 4.98 Å². The van der Waals surface area contributed by atoms with Gasteiger partial charge in [0.2, 0.25) is 11.8 Å². The summed E-state index contributed by atoms with van der Waals surface area (Å²) in [6.07, 6.45) is 1.14. The lowest BCUT2D eigenvalue weighted by Crippen LogP contribution is -2.19. The summed E-state index contributed by atoms with van der Waals surface area (Å²) in [6, 6.07) is 7.66. The fourth-order valence-electron chi connectivity index (χ4n) is 1.96. The van der Waals surface area contributed by atoms with Gasteiger partial charge >= 0.3 is 5.69 Å². The quantitative estimate of drug-likeness (QED) is 0.678. The van der Waals surface area contributed by atoms with Gasteiger partial charge in [-0.05, 0) is 31.5 Å². The van der Waals surface area contributed by atoms with Crippen LogP contribution in [0.1, 0.15) is 12.5 Å². The summed E-state index contributed by atoms with van der Waals surface area (Å²) in [5, 5.41) is 11.1. The van der Waals surface area contributed by atoms with E-state index in [4.69, 9.17) is 5.73 Å². The summed E-state index contributed by atoms with van der Waals surface area (Å²) >= 11 is 0. The van der Waals surface area contributed by atoms with Crippen molar-refractivity contribution < 1.29 is 4.92 Å². The van der Waals surface area contributed by atoms with Crippen LogP contribution in [0.5, 0.6) is 0 Å². The molecule has 0 amide bonds. The Labute approximate surface area is 116 Å². The average Bonchev–Trinajstić information content (AvgIpc) is 2.39. The molecule has 0 aliphatic heterocycles. The summed E-state index contributed by atoms with van der Waals surface area (Å²) in [5.41, 5.74) is 7.28. The van der Waals surface area contributed by atoms with Crippen LogP contribution in [0.4, 0.5) is 23.1 Å². The van der Waals surface area contributed by atoms with Crippen molar-refractivity contribution in [3.8, 4) is 0 Å². The van der Waals surface area contributed by atoms with E-state index in [1.54, 1.807) is 4.90 Å². The highest BCUT2D eigenvalue weighted by molar-refractivity contribution is 5.69. The van der Waals surface area contributed by atoms with E-state index in [0.29, 0.717) is 6.54 Å². The Morgan fingerprint density at radius 1 is 1.45 bits per heavy atom. The van der Waals surface area contributed by atoms with Gasteiger partial charge in [0.15, 0.2) is 0 Å². The molecule has 1 aromatic carbocycles. The van der Waals surface area contributed by atoms with Gasteiger partial charge in [0.1, 0.15) is 6.20 Å². The second-order valence-corrected chi connectivity index (χ2v) is 4.28. The molecule has 2 aromatic rings. The third-order valence-corrected chi connectivity index (χ3v) is 2.85. The van der Waals surface area contributed by atoms with E-state index in [2.05, 4.69) is 9.97 Å². The second kappa shape index (κ2) is 5.52. The van der Waals surface area contributed by atoms with E-state index >= 15 is 0 Å². The van der Waals surface area contributed by atoms with Crippen LogP contribution in [0.3, 0.4) is 0 Å². The van der Waals surface area contributed by atoms with E-state index in [-0.39, 0.29) is 17.5 Å². The number of nitro groups is 1. The molecule has 0 saturated carbocycles. The van der Waals surface area contributed by atoms with Crippen molar-refractivity contribution in [2.75, 3.05) is 17.2 Å². The summed E-state index contributed by atoms with van der Waals surface area (Å²) in [4.78, 5) is 20.1. The second-order valence-electron chi connectivity index (χ2n) is 4.28. The van der Waals surface area contributed by atoms with Crippen molar-refractivity contribution in [1.82, 2.24) is 9.97 Å². The number of anilines is 3. The van der Waals surface area contributed by atoms with Gasteiger partial charge in [-0.15, -0.1) is 0 Å². The number of nitrogens with two attached hydrogens (primary N) is 1. The fraction of sp³-hybridized carbons (Fsp3) is 0.231.